The number of carbonyl (C=O) groups excluding carboxylic acids is 1. The van der Waals surface area contributed by atoms with Crippen molar-refractivity contribution in [2.75, 3.05) is 43.2 Å². The zero-order valence-corrected chi connectivity index (χ0v) is 14.1. The van der Waals surface area contributed by atoms with E-state index < -0.39 is 0 Å². The van der Waals surface area contributed by atoms with Gasteiger partial charge < -0.3 is 15.0 Å². The summed E-state index contributed by atoms with van der Waals surface area (Å²) in [5, 5.41) is 6.08. The second-order valence-electron chi connectivity index (χ2n) is 5.16. The van der Waals surface area contributed by atoms with Crippen molar-refractivity contribution in [1.82, 2.24) is 10.2 Å². The van der Waals surface area contributed by atoms with Gasteiger partial charge >= 0.3 is 0 Å². The zero-order valence-electron chi connectivity index (χ0n) is 13.3. The Kier molecular flexibility index (Phi) is 7.02. The van der Waals surface area contributed by atoms with Crippen LogP contribution in [0.2, 0.25) is 0 Å². The summed E-state index contributed by atoms with van der Waals surface area (Å²) in [6.07, 6.45) is 0. The average Bonchev–Trinajstić information content (AvgIpc) is 3.08. The predicted molar refractivity (Wildman–Crippen MR) is 92.6 cm³/mol. The van der Waals surface area contributed by atoms with E-state index in [2.05, 4.69) is 29.4 Å². The van der Waals surface area contributed by atoms with E-state index in [1.54, 1.807) is 11.8 Å². The SMILES string of the molecule is CCN(CC)CCOc1ccc(NC(=O)C2CSCN2)cc1. The van der Waals surface area contributed by atoms with E-state index >= 15 is 0 Å². The summed E-state index contributed by atoms with van der Waals surface area (Å²) in [6, 6.07) is 7.47. The van der Waals surface area contributed by atoms with E-state index in [4.69, 9.17) is 4.74 Å². The Balaban J connectivity index is 1.76. The molecule has 2 N–H and O–H groups in total. The Morgan fingerprint density at radius 3 is 2.68 bits per heavy atom. The first-order valence-electron chi connectivity index (χ1n) is 7.80. The molecule has 1 amide bonds. The van der Waals surface area contributed by atoms with Crippen LogP contribution in [-0.2, 0) is 4.79 Å². The molecule has 22 heavy (non-hydrogen) atoms. The number of nitrogens with zero attached hydrogens (tertiary/aromatic N) is 1. The molecule has 0 bridgehead atoms. The number of anilines is 1. The summed E-state index contributed by atoms with van der Waals surface area (Å²) in [5.41, 5.74) is 0.805. The molecule has 0 saturated carbocycles. The monoisotopic (exact) mass is 323 g/mol. The average molecular weight is 323 g/mol. The lowest BCUT2D eigenvalue weighted by molar-refractivity contribution is -0.117. The molecule has 1 fully saturated rings. The molecule has 0 aromatic heterocycles. The van der Waals surface area contributed by atoms with Gasteiger partial charge in [-0.05, 0) is 37.4 Å². The quantitative estimate of drug-likeness (QED) is 0.766. The maximum absolute atomic E-state index is 12.0. The largest absolute Gasteiger partial charge is 0.492 e. The van der Waals surface area contributed by atoms with Crippen LogP contribution in [0.1, 0.15) is 13.8 Å². The number of thioether (sulfide) groups is 1. The molecule has 122 valence electrons. The number of nitrogens with one attached hydrogen (secondary N) is 2. The highest BCUT2D eigenvalue weighted by Gasteiger charge is 2.22. The molecule has 1 aromatic rings. The number of hydrogen-bond acceptors (Lipinski definition) is 5. The van der Waals surface area contributed by atoms with Crippen molar-refractivity contribution in [2.45, 2.75) is 19.9 Å². The summed E-state index contributed by atoms with van der Waals surface area (Å²) >= 11 is 1.74. The fourth-order valence-electron chi connectivity index (χ4n) is 2.26. The van der Waals surface area contributed by atoms with Crippen molar-refractivity contribution >= 4 is 23.4 Å². The highest BCUT2D eigenvalue weighted by Crippen LogP contribution is 2.17. The molecule has 1 heterocycles. The van der Waals surface area contributed by atoms with Crippen molar-refractivity contribution in [1.29, 1.82) is 0 Å². The summed E-state index contributed by atoms with van der Waals surface area (Å²) < 4.78 is 5.73. The summed E-state index contributed by atoms with van der Waals surface area (Å²) in [5.74, 6) is 2.54. The van der Waals surface area contributed by atoms with Crippen LogP contribution < -0.4 is 15.4 Å². The van der Waals surface area contributed by atoms with E-state index in [0.717, 1.165) is 42.7 Å². The van der Waals surface area contributed by atoms with E-state index in [9.17, 15) is 4.79 Å². The van der Waals surface area contributed by atoms with Gasteiger partial charge in [-0.3, -0.25) is 10.1 Å². The van der Waals surface area contributed by atoms with Crippen LogP contribution in [0.3, 0.4) is 0 Å². The normalized spacial score (nSPS) is 17.7. The molecule has 1 aliphatic rings. The zero-order chi connectivity index (χ0) is 15.8. The second-order valence-corrected chi connectivity index (χ2v) is 6.19. The first-order chi connectivity index (χ1) is 10.7. The van der Waals surface area contributed by atoms with Gasteiger partial charge in [-0.2, -0.15) is 0 Å². The minimum absolute atomic E-state index is 0.0280. The number of benzene rings is 1. The Labute approximate surface area is 136 Å². The number of ether oxygens (including phenoxy) is 1. The molecule has 0 spiro atoms. The molecule has 1 aliphatic heterocycles. The lowest BCUT2D eigenvalue weighted by Gasteiger charge is -2.18. The highest BCUT2D eigenvalue weighted by atomic mass is 32.2. The van der Waals surface area contributed by atoms with Gasteiger partial charge in [0.2, 0.25) is 5.91 Å². The first-order valence-corrected chi connectivity index (χ1v) is 8.95. The van der Waals surface area contributed by atoms with Crippen molar-refractivity contribution in [3.63, 3.8) is 0 Å². The number of amides is 1. The molecule has 1 unspecified atom stereocenters. The van der Waals surface area contributed by atoms with Crippen LogP contribution in [0, 0.1) is 0 Å². The molecule has 2 rings (SSSR count). The van der Waals surface area contributed by atoms with Gasteiger partial charge in [-0.15, -0.1) is 11.8 Å². The lowest BCUT2D eigenvalue weighted by Crippen LogP contribution is -2.37. The van der Waals surface area contributed by atoms with Crippen molar-refractivity contribution in [3.05, 3.63) is 24.3 Å². The summed E-state index contributed by atoms with van der Waals surface area (Å²) in [4.78, 5) is 14.3. The third-order valence-electron chi connectivity index (χ3n) is 3.73. The van der Waals surface area contributed by atoms with Crippen molar-refractivity contribution in [3.8, 4) is 5.75 Å². The van der Waals surface area contributed by atoms with Gasteiger partial charge in [0.15, 0.2) is 0 Å². The lowest BCUT2D eigenvalue weighted by atomic mass is 10.2. The molecular formula is C16H25N3O2S. The van der Waals surface area contributed by atoms with Crippen LogP contribution in [-0.4, -0.2) is 54.7 Å². The number of carbonyl (C=O) groups is 1. The second kappa shape index (κ2) is 9.02. The minimum Gasteiger partial charge on any atom is -0.492 e. The van der Waals surface area contributed by atoms with Crippen LogP contribution in [0.25, 0.3) is 0 Å². The van der Waals surface area contributed by atoms with Gasteiger partial charge in [0.25, 0.3) is 0 Å². The number of hydrogen-bond donors (Lipinski definition) is 2. The maximum Gasteiger partial charge on any atom is 0.242 e. The fraction of sp³-hybridized carbons (Fsp3) is 0.562. The number of likely N-dealkylation sites (N-methyl/N-ethyl adjacent to an activating group) is 1. The Morgan fingerprint density at radius 2 is 2.09 bits per heavy atom. The van der Waals surface area contributed by atoms with Crippen LogP contribution >= 0.6 is 11.8 Å². The molecule has 0 radical (unpaired) electrons. The molecule has 1 saturated heterocycles. The highest BCUT2D eigenvalue weighted by molar-refractivity contribution is 7.99. The summed E-state index contributed by atoms with van der Waals surface area (Å²) in [7, 11) is 0. The van der Waals surface area contributed by atoms with Gasteiger partial charge in [0, 0.05) is 23.9 Å². The van der Waals surface area contributed by atoms with Gasteiger partial charge in [-0.25, -0.2) is 0 Å². The van der Waals surface area contributed by atoms with Gasteiger partial charge in [-0.1, -0.05) is 13.8 Å². The molecule has 1 atom stereocenters. The molecular weight excluding hydrogens is 298 g/mol. The van der Waals surface area contributed by atoms with Crippen LogP contribution in [0.5, 0.6) is 5.75 Å². The number of rotatable bonds is 8. The smallest absolute Gasteiger partial charge is 0.242 e. The van der Waals surface area contributed by atoms with Crippen molar-refractivity contribution in [2.24, 2.45) is 0 Å². The Bertz CT molecular complexity index is 457. The van der Waals surface area contributed by atoms with E-state index in [1.165, 1.54) is 0 Å². The third-order valence-corrected chi connectivity index (χ3v) is 4.67. The first kappa shape index (κ1) is 17.1. The maximum atomic E-state index is 12.0. The van der Waals surface area contributed by atoms with Crippen LogP contribution in [0.15, 0.2) is 24.3 Å². The molecule has 0 aliphatic carbocycles. The summed E-state index contributed by atoms with van der Waals surface area (Å²) in [6.45, 7) is 7.99. The fourth-order valence-corrected chi connectivity index (χ4v) is 3.20. The van der Waals surface area contributed by atoms with E-state index in [1.807, 2.05) is 24.3 Å². The van der Waals surface area contributed by atoms with Crippen LogP contribution in [0.4, 0.5) is 5.69 Å². The van der Waals surface area contributed by atoms with Gasteiger partial charge in [0.05, 0.1) is 6.04 Å². The molecule has 1 aromatic carbocycles. The van der Waals surface area contributed by atoms with Crippen molar-refractivity contribution < 1.29 is 9.53 Å². The van der Waals surface area contributed by atoms with E-state index in [0.29, 0.717) is 6.61 Å². The Morgan fingerprint density at radius 1 is 1.36 bits per heavy atom. The minimum atomic E-state index is -0.0880. The molecule has 5 nitrogen and oxygen atoms in total. The third kappa shape index (κ3) is 5.19. The topological polar surface area (TPSA) is 53.6 Å². The Hall–Kier alpha value is -1.24. The van der Waals surface area contributed by atoms with Gasteiger partial charge in [0.1, 0.15) is 12.4 Å². The molecule has 6 heteroatoms. The predicted octanol–water partition coefficient (Wildman–Crippen LogP) is 2.01. The van der Waals surface area contributed by atoms with E-state index in [-0.39, 0.29) is 11.9 Å². The standard InChI is InChI=1S/C16H25N3O2S/c1-3-19(4-2)9-10-21-14-7-5-13(6-8-14)18-16(20)15-11-22-12-17-15/h5-8,15,17H,3-4,9-12H2,1-2H3,(H,18,20).